The summed E-state index contributed by atoms with van der Waals surface area (Å²) in [5.74, 6) is -0.369. The monoisotopic (exact) mass is 358 g/mol. The number of aryl methyl sites for hydroxylation is 2. The third kappa shape index (κ3) is 4.92. The molecule has 2 rings (SSSR count). The molecule has 0 aliphatic carbocycles. The first-order chi connectivity index (χ1) is 11.8. The molecular weight excluding hydrogens is 332 g/mol. The van der Waals surface area contributed by atoms with Gasteiger partial charge in [0.1, 0.15) is 6.04 Å². The van der Waals surface area contributed by atoms with Crippen LogP contribution in [-0.2, 0) is 4.79 Å². The van der Waals surface area contributed by atoms with E-state index in [0.29, 0.717) is 4.88 Å². The molecule has 0 bridgehead atoms. The smallest absolute Gasteiger partial charge is 0.262 e. The summed E-state index contributed by atoms with van der Waals surface area (Å²) in [4.78, 5) is 25.7. The van der Waals surface area contributed by atoms with Crippen molar-refractivity contribution in [1.82, 2.24) is 10.6 Å². The molecule has 0 saturated heterocycles. The van der Waals surface area contributed by atoms with Crippen molar-refractivity contribution in [2.45, 2.75) is 46.7 Å². The van der Waals surface area contributed by atoms with Gasteiger partial charge in [-0.3, -0.25) is 9.59 Å². The van der Waals surface area contributed by atoms with E-state index in [1.54, 1.807) is 6.07 Å². The lowest BCUT2D eigenvalue weighted by atomic mass is 9.98. The van der Waals surface area contributed by atoms with Gasteiger partial charge in [0.2, 0.25) is 5.91 Å². The van der Waals surface area contributed by atoms with Crippen LogP contribution in [0, 0.1) is 19.8 Å². The van der Waals surface area contributed by atoms with Crippen molar-refractivity contribution in [3.8, 4) is 0 Å². The zero-order chi connectivity index (χ0) is 18.6. The number of carbonyl (C=O) groups is 2. The maximum absolute atomic E-state index is 12.7. The SMILES string of the molecule is Cc1ccc(C)c(C(C)NC(=O)C(NC(=O)c2cccs2)C(C)C)c1. The largest absolute Gasteiger partial charge is 0.348 e. The van der Waals surface area contributed by atoms with Crippen molar-refractivity contribution >= 4 is 23.2 Å². The molecule has 0 fully saturated rings. The lowest BCUT2D eigenvalue weighted by molar-refractivity contribution is -0.124. The average molecular weight is 359 g/mol. The van der Waals surface area contributed by atoms with E-state index in [9.17, 15) is 9.59 Å². The van der Waals surface area contributed by atoms with E-state index >= 15 is 0 Å². The topological polar surface area (TPSA) is 58.2 Å². The molecule has 2 unspecified atom stereocenters. The minimum Gasteiger partial charge on any atom is -0.348 e. The van der Waals surface area contributed by atoms with Crippen molar-refractivity contribution in [2.24, 2.45) is 5.92 Å². The first-order valence-electron chi connectivity index (χ1n) is 8.51. The molecule has 0 spiro atoms. The van der Waals surface area contributed by atoms with Gasteiger partial charge in [0.15, 0.2) is 0 Å². The van der Waals surface area contributed by atoms with Crippen molar-refractivity contribution in [1.29, 1.82) is 0 Å². The van der Waals surface area contributed by atoms with Crippen LogP contribution in [-0.4, -0.2) is 17.9 Å². The summed E-state index contributed by atoms with van der Waals surface area (Å²) >= 11 is 1.37. The van der Waals surface area contributed by atoms with Crippen molar-refractivity contribution in [3.63, 3.8) is 0 Å². The summed E-state index contributed by atoms with van der Waals surface area (Å²) in [7, 11) is 0. The number of thiophene rings is 1. The van der Waals surface area contributed by atoms with E-state index in [2.05, 4.69) is 28.8 Å². The van der Waals surface area contributed by atoms with E-state index in [1.807, 2.05) is 46.1 Å². The van der Waals surface area contributed by atoms with Gasteiger partial charge in [-0.25, -0.2) is 0 Å². The summed E-state index contributed by atoms with van der Waals surface area (Å²) < 4.78 is 0. The molecule has 1 aromatic carbocycles. The minimum absolute atomic E-state index is 0.00489. The Morgan fingerprint density at radius 1 is 1.04 bits per heavy atom. The van der Waals surface area contributed by atoms with Crippen molar-refractivity contribution in [2.75, 3.05) is 0 Å². The Hall–Kier alpha value is -2.14. The molecule has 134 valence electrons. The van der Waals surface area contributed by atoms with Crippen LogP contribution in [0.25, 0.3) is 0 Å². The van der Waals surface area contributed by atoms with Gasteiger partial charge in [-0.2, -0.15) is 0 Å². The van der Waals surface area contributed by atoms with Gasteiger partial charge in [0, 0.05) is 0 Å². The molecule has 2 N–H and O–H groups in total. The molecule has 0 aliphatic heterocycles. The van der Waals surface area contributed by atoms with Gasteiger partial charge in [0.25, 0.3) is 5.91 Å². The van der Waals surface area contributed by atoms with Crippen LogP contribution in [0.3, 0.4) is 0 Å². The number of amides is 2. The molecule has 0 radical (unpaired) electrons. The summed E-state index contributed by atoms with van der Waals surface area (Å²) in [5.41, 5.74) is 3.40. The molecule has 25 heavy (non-hydrogen) atoms. The van der Waals surface area contributed by atoms with Gasteiger partial charge < -0.3 is 10.6 Å². The van der Waals surface area contributed by atoms with Crippen LogP contribution >= 0.6 is 11.3 Å². The lowest BCUT2D eigenvalue weighted by Crippen LogP contribution is -2.50. The number of hydrogen-bond donors (Lipinski definition) is 2. The molecule has 2 amide bonds. The summed E-state index contributed by atoms with van der Waals surface area (Å²) in [6, 6.07) is 9.11. The van der Waals surface area contributed by atoms with Crippen molar-refractivity contribution in [3.05, 3.63) is 57.3 Å². The first kappa shape index (κ1) is 19.2. The second-order valence-electron chi connectivity index (χ2n) is 6.76. The van der Waals surface area contributed by atoms with Gasteiger partial charge in [0.05, 0.1) is 10.9 Å². The second-order valence-corrected chi connectivity index (χ2v) is 7.71. The third-order valence-electron chi connectivity index (χ3n) is 4.24. The highest BCUT2D eigenvalue weighted by molar-refractivity contribution is 7.12. The standard InChI is InChI=1S/C20H26N2O2S/c1-12(2)18(22-19(23)17-7-6-10-25-17)20(24)21-15(5)16-11-13(3)8-9-14(16)4/h6-12,15,18H,1-5H3,(H,21,24)(H,22,23). The number of nitrogens with one attached hydrogen (secondary N) is 2. The third-order valence-corrected chi connectivity index (χ3v) is 5.11. The number of carbonyl (C=O) groups excluding carboxylic acids is 2. The Kier molecular flexibility index (Phi) is 6.37. The second kappa shape index (κ2) is 8.30. The maximum Gasteiger partial charge on any atom is 0.262 e. The first-order valence-corrected chi connectivity index (χ1v) is 9.39. The van der Waals surface area contributed by atoms with E-state index in [1.165, 1.54) is 11.3 Å². The Balaban J connectivity index is 2.09. The fourth-order valence-electron chi connectivity index (χ4n) is 2.76. The number of benzene rings is 1. The Morgan fingerprint density at radius 2 is 1.76 bits per heavy atom. The average Bonchev–Trinajstić information content (AvgIpc) is 3.08. The van der Waals surface area contributed by atoms with Gasteiger partial charge >= 0.3 is 0 Å². The van der Waals surface area contributed by atoms with E-state index in [-0.39, 0.29) is 23.8 Å². The predicted octanol–water partition coefficient (Wildman–Crippen LogP) is 4.00. The van der Waals surface area contributed by atoms with Crippen molar-refractivity contribution < 1.29 is 9.59 Å². The van der Waals surface area contributed by atoms with Gasteiger partial charge in [-0.05, 0) is 49.3 Å². The summed E-state index contributed by atoms with van der Waals surface area (Å²) in [6.45, 7) is 9.91. The highest BCUT2D eigenvalue weighted by Gasteiger charge is 2.26. The molecular formula is C20H26N2O2S. The molecule has 1 heterocycles. The molecule has 2 atom stereocenters. The van der Waals surface area contributed by atoms with Gasteiger partial charge in [-0.1, -0.05) is 43.7 Å². The lowest BCUT2D eigenvalue weighted by Gasteiger charge is -2.25. The van der Waals surface area contributed by atoms with Crippen LogP contribution in [0.1, 0.15) is 53.2 Å². The summed E-state index contributed by atoms with van der Waals surface area (Å²) in [5, 5.41) is 7.76. The highest BCUT2D eigenvalue weighted by atomic mass is 32.1. The molecule has 0 aliphatic rings. The fourth-order valence-corrected chi connectivity index (χ4v) is 3.39. The quantitative estimate of drug-likeness (QED) is 0.820. The molecule has 0 saturated carbocycles. The Morgan fingerprint density at radius 3 is 2.36 bits per heavy atom. The van der Waals surface area contributed by atoms with E-state index in [0.717, 1.165) is 16.7 Å². The maximum atomic E-state index is 12.7. The zero-order valence-electron chi connectivity index (χ0n) is 15.4. The fraction of sp³-hybridized carbons (Fsp3) is 0.400. The van der Waals surface area contributed by atoms with Gasteiger partial charge in [-0.15, -0.1) is 11.3 Å². The Labute approximate surface area is 153 Å². The van der Waals surface area contributed by atoms with Crippen LogP contribution in [0.5, 0.6) is 0 Å². The number of rotatable bonds is 6. The number of hydrogen-bond acceptors (Lipinski definition) is 3. The Bertz CT molecular complexity index is 738. The molecule has 2 aromatic rings. The zero-order valence-corrected chi connectivity index (χ0v) is 16.2. The van der Waals surface area contributed by atoms with Crippen LogP contribution in [0.15, 0.2) is 35.7 Å². The van der Waals surface area contributed by atoms with E-state index in [4.69, 9.17) is 0 Å². The molecule has 1 aromatic heterocycles. The van der Waals surface area contributed by atoms with E-state index < -0.39 is 6.04 Å². The van der Waals surface area contributed by atoms with Crippen LogP contribution < -0.4 is 10.6 Å². The normalized spacial score (nSPS) is 13.4. The predicted molar refractivity (Wildman–Crippen MR) is 103 cm³/mol. The summed E-state index contributed by atoms with van der Waals surface area (Å²) in [6.07, 6.45) is 0. The molecule has 5 heteroatoms. The minimum atomic E-state index is -0.567. The highest BCUT2D eigenvalue weighted by Crippen LogP contribution is 2.19. The molecule has 4 nitrogen and oxygen atoms in total. The van der Waals surface area contributed by atoms with Crippen LogP contribution in [0.4, 0.5) is 0 Å². The van der Waals surface area contributed by atoms with Crippen LogP contribution in [0.2, 0.25) is 0 Å².